The lowest BCUT2D eigenvalue weighted by atomic mass is 10.2. The van der Waals surface area contributed by atoms with Crippen molar-refractivity contribution in [3.05, 3.63) is 11.7 Å². The third-order valence-electron chi connectivity index (χ3n) is 2.30. The standard InChI is InChI=1S/C11H21N3O2/c1-4-6-12-9(8-15-3)7-11-13-10(5-2)14-16-11/h9,12H,4-8H2,1-3H3. The molecule has 0 aliphatic carbocycles. The normalized spacial score (nSPS) is 12.9. The smallest absolute Gasteiger partial charge is 0.228 e. The van der Waals surface area contributed by atoms with Gasteiger partial charge < -0.3 is 14.6 Å². The quantitative estimate of drug-likeness (QED) is 0.723. The molecular weight excluding hydrogens is 206 g/mol. The number of nitrogens with one attached hydrogen (secondary N) is 1. The maximum absolute atomic E-state index is 5.16. The van der Waals surface area contributed by atoms with Crippen molar-refractivity contribution in [2.75, 3.05) is 20.3 Å². The van der Waals surface area contributed by atoms with Crippen LogP contribution in [-0.4, -0.2) is 36.4 Å². The summed E-state index contributed by atoms with van der Waals surface area (Å²) >= 11 is 0. The highest BCUT2D eigenvalue weighted by molar-refractivity contribution is 4.89. The van der Waals surface area contributed by atoms with Crippen molar-refractivity contribution in [2.45, 2.75) is 39.2 Å². The highest BCUT2D eigenvalue weighted by Gasteiger charge is 2.13. The zero-order valence-electron chi connectivity index (χ0n) is 10.3. The molecule has 0 aromatic carbocycles. The van der Waals surface area contributed by atoms with Gasteiger partial charge in [0.1, 0.15) is 0 Å². The molecule has 0 spiro atoms. The molecule has 1 aromatic rings. The Morgan fingerprint density at radius 3 is 2.81 bits per heavy atom. The van der Waals surface area contributed by atoms with Gasteiger partial charge in [-0.05, 0) is 13.0 Å². The molecule has 1 unspecified atom stereocenters. The van der Waals surface area contributed by atoms with E-state index in [0.717, 1.165) is 31.6 Å². The first-order valence-electron chi connectivity index (χ1n) is 5.83. The summed E-state index contributed by atoms with van der Waals surface area (Å²) in [5.74, 6) is 1.45. The molecule has 5 nitrogen and oxygen atoms in total. The van der Waals surface area contributed by atoms with Gasteiger partial charge in [-0.15, -0.1) is 0 Å². The van der Waals surface area contributed by atoms with E-state index >= 15 is 0 Å². The minimum absolute atomic E-state index is 0.245. The van der Waals surface area contributed by atoms with Crippen LogP contribution in [0.1, 0.15) is 32.0 Å². The van der Waals surface area contributed by atoms with Crippen LogP contribution in [0.25, 0.3) is 0 Å². The van der Waals surface area contributed by atoms with Crippen LogP contribution < -0.4 is 5.32 Å². The van der Waals surface area contributed by atoms with E-state index in [0.29, 0.717) is 12.5 Å². The van der Waals surface area contributed by atoms with Crippen molar-refractivity contribution in [1.29, 1.82) is 0 Å². The van der Waals surface area contributed by atoms with Crippen LogP contribution in [0.2, 0.25) is 0 Å². The number of aryl methyl sites for hydroxylation is 1. The van der Waals surface area contributed by atoms with E-state index in [1.54, 1.807) is 7.11 Å². The fourth-order valence-corrected chi connectivity index (χ4v) is 1.47. The lowest BCUT2D eigenvalue weighted by Crippen LogP contribution is -2.35. The van der Waals surface area contributed by atoms with Gasteiger partial charge in [0.2, 0.25) is 5.89 Å². The van der Waals surface area contributed by atoms with Crippen molar-refractivity contribution in [3.8, 4) is 0 Å². The van der Waals surface area contributed by atoms with Crippen molar-refractivity contribution < 1.29 is 9.26 Å². The molecule has 1 N–H and O–H groups in total. The molecule has 1 aromatic heterocycles. The lowest BCUT2D eigenvalue weighted by molar-refractivity contribution is 0.161. The Hall–Kier alpha value is -0.940. The van der Waals surface area contributed by atoms with Crippen molar-refractivity contribution in [2.24, 2.45) is 0 Å². The van der Waals surface area contributed by atoms with E-state index in [-0.39, 0.29) is 6.04 Å². The summed E-state index contributed by atoms with van der Waals surface area (Å²) < 4.78 is 10.3. The molecule has 0 bridgehead atoms. The topological polar surface area (TPSA) is 60.2 Å². The van der Waals surface area contributed by atoms with Gasteiger partial charge in [-0.25, -0.2) is 0 Å². The van der Waals surface area contributed by atoms with Crippen LogP contribution in [0.3, 0.4) is 0 Å². The number of hydrogen-bond acceptors (Lipinski definition) is 5. The fraction of sp³-hybridized carbons (Fsp3) is 0.818. The summed E-state index contributed by atoms with van der Waals surface area (Å²) in [7, 11) is 1.70. The van der Waals surface area contributed by atoms with Gasteiger partial charge in [-0.3, -0.25) is 0 Å². The van der Waals surface area contributed by atoms with Gasteiger partial charge in [0.15, 0.2) is 5.82 Å². The van der Waals surface area contributed by atoms with Crippen LogP contribution in [0.15, 0.2) is 4.52 Å². The Labute approximate surface area is 96.6 Å². The summed E-state index contributed by atoms with van der Waals surface area (Å²) in [6, 6.07) is 0.245. The van der Waals surface area contributed by atoms with Gasteiger partial charge in [0, 0.05) is 26.0 Å². The fourth-order valence-electron chi connectivity index (χ4n) is 1.47. The second-order valence-corrected chi connectivity index (χ2v) is 3.77. The molecule has 0 saturated heterocycles. The summed E-state index contributed by atoms with van der Waals surface area (Å²) in [6.45, 7) is 5.78. The first-order chi connectivity index (χ1) is 7.80. The van der Waals surface area contributed by atoms with Crippen LogP contribution in [0.4, 0.5) is 0 Å². The average molecular weight is 227 g/mol. The predicted molar refractivity (Wildman–Crippen MR) is 61.3 cm³/mol. The van der Waals surface area contributed by atoms with Crippen molar-refractivity contribution in [3.63, 3.8) is 0 Å². The molecule has 0 amide bonds. The molecule has 0 aliphatic rings. The maximum Gasteiger partial charge on any atom is 0.228 e. The largest absolute Gasteiger partial charge is 0.383 e. The molecule has 0 saturated carbocycles. The molecule has 0 fully saturated rings. The Bertz CT molecular complexity index is 289. The molecule has 5 heteroatoms. The predicted octanol–water partition coefficient (Wildman–Crippen LogP) is 1.19. The van der Waals surface area contributed by atoms with E-state index in [1.807, 2.05) is 6.92 Å². The van der Waals surface area contributed by atoms with Crippen LogP contribution in [-0.2, 0) is 17.6 Å². The Morgan fingerprint density at radius 2 is 2.25 bits per heavy atom. The average Bonchev–Trinajstić information content (AvgIpc) is 2.74. The monoisotopic (exact) mass is 227 g/mol. The summed E-state index contributed by atoms with van der Waals surface area (Å²) in [6.07, 6.45) is 2.63. The summed E-state index contributed by atoms with van der Waals surface area (Å²) in [4.78, 5) is 4.29. The highest BCUT2D eigenvalue weighted by atomic mass is 16.5. The SMILES string of the molecule is CCCNC(COC)Cc1nc(CC)no1. The van der Waals surface area contributed by atoms with E-state index in [1.165, 1.54) is 0 Å². The van der Waals surface area contributed by atoms with Crippen LogP contribution in [0.5, 0.6) is 0 Å². The van der Waals surface area contributed by atoms with E-state index in [2.05, 4.69) is 22.4 Å². The van der Waals surface area contributed by atoms with Crippen LogP contribution in [0, 0.1) is 0 Å². The number of rotatable bonds is 8. The minimum Gasteiger partial charge on any atom is -0.383 e. The first-order valence-corrected chi connectivity index (χ1v) is 5.83. The Balaban J connectivity index is 2.46. The van der Waals surface area contributed by atoms with Gasteiger partial charge in [0.25, 0.3) is 0 Å². The minimum atomic E-state index is 0.245. The molecule has 0 aliphatic heterocycles. The van der Waals surface area contributed by atoms with Crippen molar-refractivity contribution in [1.82, 2.24) is 15.5 Å². The molecular formula is C11H21N3O2. The Morgan fingerprint density at radius 1 is 1.44 bits per heavy atom. The molecule has 1 atom stereocenters. The van der Waals surface area contributed by atoms with E-state index < -0.39 is 0 Å². The van der Waals surface area contributed by atoms with Crippen LogP contribution >= 0.6 is 0 Å². The summed E-state index contributed by atoms with van der Waals surface area (Å²) in [5.41, 5.74) is 0. The molecule has 16 heavy (non-hydrogen) atoms. The van der Waals surface area contributed by atoms with Gasteiger partial charge >= 0.3 is 0 Å². The van der Waals surface area contributed by atoms with Crippen molar-refractivity contribution >= 4 is 0 Å². The molecule has 1 rings (SSSR count). The van der Waals surface area contributed by atoms with E-state index in [9.17, 15) is 0 Å². The zero-order chi connectivity index (χ0) is 11.8. The second-order valence-electron chi connectivity index (χ2n) is 3.77. The van der Waals surface area contributed by atoms with Gasteiger partial charge in [0.05, 0.1) is 6.61 Å². The second kappa shape index (κ2) is 7.35. The molecule has 92 valence electrons. The highest BCUT2D eigenvalue weighted by Crippen LogP contribution is 2.02. The molecule has 1 heterocycles. The number of ether oxygens (including phenoxy) is 1. The molecule has 0 radical (unpaired) electrons. The Kier molecular flexibility index (Phi) is 6.03. The van der Waals surface area contributed by atoms with E-state index in [4.69, 9.17) is 9.26 Å². The lowest BCUT2D eigenvalue weighted by Gasteiger charge is -2.15. The zero-order valence-corrected chi connectivity index (χ0v) is 10.3. The summed E-state index contributed by atoms with van der Waals surface area (Å²) in [5, 5.41) is 7.27. The third kappa shape index (κ3) is 4.28. The maximum atomic E-state index is 5.16. The third-order valence-corrected chi connectivity index (χ3v) is 2.30. The first kappa shape index (κ1) is 13.1. The number of nitrogens with zero attached hydrogens (tertiary/aromatic N) is 2. The number of methoxy groups -OCH3 is 1. The van der Waals surface area contributed by atoms with Gasteiger partial charge in [-0.1, -0.05) is 19.0 Å². The number of aromatic nitrogens is 2. The number of hydrogen-bond donors (Lipinski definition) is 1. The van der Waals surface area contributed by atoms with Gasteiger partial charge in [-0.2, -0.15) is 4.98 Å².